The minimum Gasteiger partial charge on any atom is -0.478 e. The van der Waals surface area contributed by atoms with Gasteiger partial charge in [-0.2, -0.15) is 0 Å². The van der Waals surface area contributed by atoms with E-state index in [2.05, 4.69) is 9.97 Å². The number of aryl methyl sites for hydroxylation is 1. The topological polar surface area (TPSA) is 63.1 Å². The zero-order chi connectivity index (χ0) is 9.84. The summed E-state index contributed by atoms with van der Waals surface area (Å²) in [6.07, 6.45) is 1.79. The molecule has 4 nitrogen and oxygen atoms in total. The number of carboxylic acids is 1. The molecule has 0 aliphatic heterocycles. The Kier molecular flexibility index (Phi) is 2.69. The van der Waals surface area contributed by atoms with Crippen molar-refractivity contribution in [2.75, 3.05) is 0 Å². The molecule has 1 aromatic rings. The molecule has 0 fully saturated rings. The van der Waals surface area contributed by atoms with Crippen LogP contribution in [0.4, 0.5) is 4.39 Å². The van der Waals surface area contributed by atoms with Crippen molar-refractivity contribution >= 4 is 11.8 Å². The average molecular weight is 182 g/mol. The molecule has 0 aromatic carbocycles. The Balaban J connectivity index is 3.02. The van der Waals surface area contributed by atoms with Crippen molar-refractivity contribution in [1.82, 2.24) is 9.97 Å². The lowest BCUT2D eigenvalue weighted by Gasteiger charge is -1.95. The summed E-state index contributed by atoms with van der Waals surface area (Å²) in [5.74, 6) is -2.51. The Bertz CT molecular complexity index is 363. The standard InChI is InChI=1S/C8H7FN2O2/c1-5-2-3-10-8(11-5)6(9)4-7(12)13/h2-4H,1H3,(H,12,13)/b6-4-. The third-order valence-corrected chi connectivity index (χ3v) is 1.26. The van der Waals surface area contributed by atoms with Crippen LogP contribution < -0.4 is 0 Å². The van der Waals surface area contributed by atoms with Crippen molar-refractivity contribution < 1.29 is 14.3 Å². The second-order valence-electron chi connectivity index (χ2n) is 2.35. The zero-order valence-corrected chi connectivity index (χ0v) is 6.86. The summed E-state index contributed by atoms with van der Waals surface area (Å²) >= 11 is 0. The van der Waals surface area contributed by atoms with Gasteiger partial charge in [-0.25, -0.2) is 19.2 Å². The van der Waals surface area contributed by atoms with Gasteiger partial charge in [-0.15, -0.1) is 0 Å². The van der Waals surface area contributed by atoms with E-state index in [0.29, 0.717) is 11.8 Å². The van der Waals surface area contributed by atoms with Gasteiger partial charge in [0.05, 0.1) is 6.08 Å². The van der Waals surface area contributed by atoms with Gasteiger partial charge < -0.3 is 5.11 Å². The van der Waals surface area contributed by atoms with Gasteiger partial charge in [-0.05, 0) is 13.0 Å². The Morgan fingerprint density at radius 1 is 1.69 bits per heavy atom. The SMILES string of the molecule is Cc1ccnc(/C(F)=C/C(=O)O)n1. The minimum atomic E-state index is -1.36. The first-order chi connectivity index (χ1) is 6.09. The van der Waals surface area contributed by atoms with Crippen LogP contribution in [0, 0.1) is 6.92 Å². The monoisotopic (exact) mass is 182 g/mol. The summed E-state index contributed by atoms with van der Waals surface area (Å²) < 4.78 is 12.9. The maximum absolute atomic E-state index is 12.9. The van der Waals surface area contributed by atoms with Crippen molar-refractivity contribution in [1.29, 1.82) is 0 Å². The van der Waals surface area contributed by atoms with Gasteiger partial charge in [0, 0.05) is 11.9 Å². The molecule has 0 spiro atoms. The van der Waals surface area contributed by atoms with Gasteiger partial charge >= 0.3 is 5.97 Å². The summed E-state index contributed by atoms with van der Waals surface area (Å²) in [4.78, 5) is 17.4. The first-order valence-corrected chi connectivity index (χ1v) is 3.50. The molecule has 0 saturated heterocycles. The molecule has 5 heteroatoms. The fourth-order valence-electron chi connectivity index (χ4n) is 0.737. The van der Waals surface area contributed by atoms with Crippen LogP contribution >= 0.6 is 0 Å². The lowest BCUT2D eigenvalue weighted by atomic mass is 10.4. The van der Waals surface area contributed by atoms with Gasteiger partial charge in [-0.3, -0.25) is 0 Å². The van der Waals surface area contributed by atoms with Crippen LogP contribution in [0.1, 0.15) is 11.5 Å². The van der Waals surface area contributed by atoms with Crippen LogP contribution in [0.15, 0.2) is 18.3 Å². The van der Waals surface area contributed by atoms with Crippen molar-refractivity contribution in [3.63, 3.8) is 0 Å². The number of rotatable bonds is 2. The average Bonchev–Trinajstić information content (AvgIpc) is 2.03. The van der Waals surface area contributed by atoms with Gasteiger partial charge in [0.1, 0.15) is 0 Å². The molecule has 1 aromatic heterocycles. The molecule has 68 valence electrons. The molecule has 0 aliphatic carbocycles. The lowest BCUT2D eigenvalue weighted by molar-refractivity contribution is -0.131. The highest BCUT2D eigenvalue weighted by Gasteiger charge is 2.05. The van der Waals surface area contributed by atoms with Crippen LogP contribution in [-0.2, 0) is 4.79 Å². The van der Waals surface area contributed by atoms with E-state index in [1.807, 2.05) is 0 Å². The first-order valence-electron chi connectivity index (χ1n) is 3.50. The fraction of sp³-hybridized carbons (Fsp3) is 0.125. The quantitative estimate of drug-likeness (QED) is 0.697. The highest BCUT2D eigenvalue weighted by molar-refractivity contribution is 5.86. The van der Waals surface area contributed by atoms with Crippen molar-refractivity contribution in [2.24, 2.45) is 0 Å². The van der Waals surface area contributed by atoms with Crippen LogP contribution in [0.3, 0.4) is 0 Å². The Labute approximate surface area is 73.8 Å². The van der Waals surface area contributed by atoms with Gasteiger partial charge in [0.2, 0.25) is 0 Å². The van der Waals surface area contributed by atoms with Crippen LogP contribution in [0.25, 0.3) is 5.83 Å². The van der Waals surface area contributed by atoms with E-state index in [4.69, 9.17) is 5.11 Å². The Morgan fingerprint density at radius 3 is 2.92 bits per heavy atom. The molecule has 0 unspecified atom stereocenters. The van der Waals surface area contributed by atoms with E-state index in [-0.39, 0.29) is 5.82 Å². The van der Waals surface area contributed by atoms with Gasteiger partial charge in [0.15, 0.2) is 11.7 Å². The summed E-state index contributed by atoms with van der Waals surface area (Å²) in [6.45, 7) is 1.67. The molecule has 0 atom stereocenters. The number of carbonyl (C=O) groups is 1. The summed E-state index contributed by atoms with van der Waals surface area (Å²) in [5.41, 5.74) is 0.582. The number of hydrogen-bond acceptors (Lipinski definition) is 3. The Hall–Kier alpha value is -1.78. The van der Waals surface area contributed by atoms with Crippen LogP contribution in [0.2, 0.25) is 0 Å². The summed E-state index contributed by atoms with van der Waals surface area (Å²) in [5, 5.41) is 8.24. The maximum Gasteiger partial charge on any atom is 0.331 e. The van der Waals surface area contributed by atoms with Crippen molar-refractivity contribution in [3.05, 3.63) is 29.9 Å². The van der Waals surface area contributed by atoms with Crippen molar-refractivity contribution in [2.45, 2.75) is 6.92 Å². The number of aromatic nitrogens is 2. The van der Waals surface area contributed by atoms with E-state index >= 15 is 0 Å². The third-order valence-electron chi connectivity index (χ3n) is 1.26. The summed E-state index contributed by atoms with van der Waals surface area (Å²) in [7, 11) is 0. The highest BCUT2D eigenvalue weighted by atomic mass is 19.1. The number of halogens is 1. The molecule has 1 rings (SSSR count). The van der Waals surface area contributed by atoms with Crippen LogP contribution in [-0.4, -0.2) is 21.0 Å². The molecule has 1 heterocycles. The fourth-order valence-corrected chi connectivity index (χ4v) is 0.737. The van der Waals surface area contributed by atoms with Crippen molar-refractivity contribution in [3.8, 4) is 0 Å². The first kappa shape index (κ1) is 9.31. The van der Waals surface area contributed by atoms with E-state index in [0.717, 1.165) is 0 Å². The van der Waals surface area contributed by atoms with Gasteiger partial charge in [0.25, 0.3) is 0 Å². The molecule has 0 aliphatic rings. The molecule has 0 bridgehead atoms. The smallest absolute Gasteiger partial charge is 0.331 e. The number of hydrogen-bond donors (Lipinski definition) is 1. The third kappa shape index (κ3) is 2.62. The molecule has 13 heavy (non-hydrogen) atoms. The number of nitrogens with zero attached hydrogens (tertiary/aromatic N) is 2. The van der Waals surface area contributed by atoms with Gasteiger partial charge in [-0.1, -0.05) is 0 Å². The maximum atomic E-state index is 12.9. The molecular formula is C8H7FN2O2. The molecule has 0 radical (unpaired) electrons. The predicted octanol–water partition coefficient (Wildman–Crippen LogP) is 1.18. The summed E-state index contributed by atoms with van der Waals surface area (Å²) in [6, 6.07) is 1.59. The predicted molar refractivity (Wildman–Crippen MR) is 43.5 cm³/mol. The second-order valence-corrected chi connectivity index (χ2v) is 2.35. The normalized spacial score (nSPS) is 11.4. The molecule has 0 amide bonds. The Morgan fingerprint density at radius 2 is 2.38 bits per heavy atom. The molecular weight excluding hydrogens is 175 g/mol. The highest BCUT2D eigenvalue weighted by Crippen LogP contribution is 2.09. The number of aliphatic carboxylic acids is 1. The van der Waals surface area contributed by atoms with E-state index in [1.54, 1.807) is 13.0 Å². The van der Waals surface area contributed by atoms with E-state index in [1.165, 1.54) is 6.20 Å². The zero-order valence-electron chi connectivity index (χ0n) is 6.86. The minimum absolute atomic E-state index is 0.206. The molecule has 0 saturated carbocycles. The van der Waals surface area contributed by atoms with E-state index in [9.17, 15) is 9.18 Å². The molecule has 1 N–H and O–H groups in total. The second kappa shape index (κ2) is 3.75. The lowest BCUT2D eigenvalue weighted by Crippen LogP contribution is -1.95. The largest absolute Gasteiger partial charge is 0.478 e. The van der Waals surface area contributed by atoms with Crippen LogP contribution in [0.5, 0.6) is 0 Å². The van der Waals surface area contributed by atoms with E-state index < -0.39 is 11.8 Å². The number of carboxylic acid groups (broad SMARTS) is 1.